The summed E-state index contributed by atoms with van der Waals surface area (Å²) in [5, 5.41) is 20.0. The van der Waals surface area contributed by atoms with Crippen molar-refractivity contribution >= 4 is 23.3 Å². The number of carboxylic acids is 1. The van der Waals surface area contributed by atoms with E-state index < -0.39 is 18.7 Å². The highest BCUT2D eigenvalue weighted by Gasteiger charge is 2.28. The average molecular weight is 402 g/mol. The third-order valence-corrected chi connectivity index (χ3v) is 4.04. The van der Waals surface area contributed by atoms with Crippen LogP contribution < -0.4 is 5.32 Å². The molecule has 3 aromatic heterocycles. The van der Waals surface area contributed by atoms with Gasteiger partial charge in [0.2, 0.25) is 5.95 Å². The third-order valence-electron chi connectivity index (χ3n) is 4.04. The van der Waals surface area contributed by atoms with E-state index >= 15 is 0 Å². The Hall–Kier alpha value is -3.89. The molecule has 2 N–H and O–H groups in total. The van der Waals surface area contributed by atoms with Crippen molar-refractivity contribution in [3.05, 3.63) is 60.6 Å². The lowest BCUT2D eigenvalue weighted by Gasteiger charge is -2.05. The number of benzene rings is 1. The number of nitrogens with zero attached hydrogens (tertiary/aromatic N) is 5. The zero-order valence-corrected chi connectivity index (χ0v) is 14.6. The molecule has 1 aromatic carbocycles. The first kappa shape index (κ1) is 18.5. The summed E-state index contributed by atoms with van der Waals surface area (Å²) >= 11 is 0. The monoisotopic (exact) mass is 402 g/mol. The molecule has 0 amide bonds. The maximum Gasteiger partial charge on any atom is 0.408 e. The van der Waals surface area contributed by atoms with Crippen molar-refractivity contribution in [2.24, 2.45) is 0 Å². The predicted octanol–water partition coefficient (Wildman–Crippen LogP) is 3.60. The Morgan fingerprint density at radius 2 is 1.93 bits per heavy atom. The number of nitrogens with one attached hydrogen (secondary N) is 1. The first-order valence-corrected chi connectivity index (χ1v) is 8.34. The molecule has 0 radical (unpaired) electrons. The average Bonchev–Trinajstić information content (AvgIpc) is 3.26. The lowest BCUT2D eigenvalue weighted by Crippen LogP contribution is -2.17. The molecular weight excluding hydrogens is 389 g/mol. The van der Waals surface area contributed by atoms with Crippen LogP contribution in [0, 0.1) is 0 Å². The van der Waals surface area contributed by atoms with Gasteiger partial charge >= 0.3 is 12.1 Å². The van der Waals surface area contributed by atoms with Crippen LogP contribution in [-0.4, -0.2) is 41.6 Å². The summed E-state index contributed by atoms with van der Waals surface area (Å²) in [5.41, 5.74) is 2.22. The van der Waals surface area contributed by atoms with Gasteiger partial charge in [-0.15, -0.1) is 5.10 Å². The van der Waals surface area contributed by atoms with Crippen molar-refractivity contribution < 1.29 is 23.1 Å². The Morgan fingerprint density at radius 1 is 1.17 bits per heavy atom. The molecule has 0 saturated carbocycles. The van der Waals surface area contributed by atoms with Crippen LogP contribution >= 0.6 is 0 Å². The molecule has 4 aromatic rings. The maximum absolute atomic E-state index is 12.6. The Kier molecular flexibility index (Phi) is 4.41. The summed E-state index contributed by atoms with van der Waals surface area (Å²) < 4.78 is 40.0. The Balaban J connectivity index is 1.63. The highest BCUT2D eigenvalue weighted by molar-refractivity contribution is 5.88. The SMILES string of the molecule is O=C(O)c1ccc(Nc2nc3c(-c4cnn(CC(F)(F)F)c4)cccn3n2)cc1. The number of aromatic carboxylic acids is 1. The number of hydrogen-bond donors (Lipinski definition) is 2. The minimum atomic E-state index is -4.36. The van der Waals surface area contributed by atoms with E-state index in [0.717, 1.165) is 4.68 Å². The van der Waals surface area contributed by atoms with Gasteiger partial charge in [0.1, 0.15) is 6.54 Å². The van der Waals surface area contributed by atoms with Crippen LogP contribution in [0.2, 0.25) is 0 Å². The van der Waals surface area contributed by atoms with Crippen molar-refractivity contribution in [3.63, 3.8) is 0 Å². The fourth-order valence-corrected chi connectivity index (χ4v) is 2.78. The number of carbonyl (C=O) groups is 1. The van der Waals surface area contributed by atoms with Gasteiger partial charge in [0.05, 0.1) is 11.8 Å². The van der Waals surface area contributed by atoms with Crippen LogP contribution in [0.15, 0.2) is 55.0 Å². The van der Waals surface area contributed by atoms with E-state index in [9.17, 15) is 18.0 Å². The second kappa shape index (κ2) is 6.93. The Bertz CT molecular complexity index is 1180. The van der Waals surface area contributed by atoms with Crippen molar-refractivity contribution in [2.75, 3.05) is 5.32 Å². The Morgan fingerprint density at radius 3 is 2.62 bits per heavy atom. The molecule has 0 fully saturated rings. The molecule has 0 saturated heterocycles. The van der Waals surface area contributed by atoms with E-state index in [0.29, 0.717) is 22.5 Å². The van der Waals surface area contributed by atoms with Gasteiger partial charge in [-0.3, -0.25) is 4.68 Å². The van der Waals surface area contributed by atoms with Gasteiger partial charge in [-0.1, -0.05) is 0 Å². The van der Waals surface area contributed by atoms with Crippen LogP contribution in [0.5, 0.6) is 0 Å². The van der Waals surface area contributed by atoms with Gasteiger partial charge < -0.3 is 10.4 Å². The first-order valence-electron chi connectivity index (χ1n) is 8.34. The molecule has 0 spiro atoms. The van der Waals surface area contributed by atoms with Crippen LogP contribution in [-0.2, 0) is 6.54 Å². The number of alkyl halides is 3. The van der Waals surface area contributed by atoms with Crippen molar-refractivity contribution in [3.8, 4) is 11.1 Å². The molecule has 0 aliphatic rings. The topological polar surface area (TPSA) is 97.3 Å². The standard InChI is InChI=1S/C18H13F3N6O2/c19-18(20,21)10-26-9-12(8-22-26)14-2-1-7-27-15(14)24-17(25-27)23-13-5-3-11(4-6-13)16(28)29/h1-9H,10H2,(H,23,25)(H,28,29). The van der Waals surface area contributed by atoms with Crippen LogP contribution in [0.3, 0.4) is 0 Å². The molecule has 3 heterocycles. The molecule has 8 nitrogen and oxygen atoms in total. The van der Waals surface area contributed by atoms with Gasteiger partial charge in [-0.05, 0) is 36.4 Å². The van der Waals surface area contributed by atoms with E-state index in [-0.39, 0.29) is 11.5 Å². The van der Waals surface area contributed by atoms with E-state index in [1.807, 2.05) is 0 Å². The van der Waals surface area contributed by atoms with Crippen LogP contribution in [0.25, 0.3) is 16.8 Å². The fraction of sp³-hybridized carbons (Fsp3) is 0.111. The summed E-state index contributed by atoms with van der Waals surface area (Å²) in [6.07, 6.45) is -0.0647. The van der Waals surface area contributed by atoms with Crippen LogP contribution in [0.1, 0.15) is 10.4 Å². The summed E-state index contributed by atoms with van der Waals surface area (Å²) in [6.45, 7) is -1.18. The van der Waals surface area contributed by atoms with E-state index in [2.05, 4.69) is 20.5 Å². The highest BCUT2D eigenvalue weighted by Crippen LogP contribution is 2.26. The zero-order chi connectivity index (χ0) is 20.6. The smallest absolute Gasteiger partial charge is 0.408 e. The molecule has 0 atom stereocenters. The number of hydrogen-bond acceptors (Lipinski definition) is 5. The van der Waals surface area contributed by atoms with Gasteiger partial charge in [0, 0.05) is 29.2 Å². The summed E-state index contributed by atoms with van der Waals surface area (Å²) in [5.74, 6) is -0.777. The van der Waals surface area contributed by atoms with Crippen LogP contribution in [0.4, 0.5) is 24.8 Å². The van der Waals surface area contributed by atoms with Crippen molar-refractivity contribution in [2.45, 2.75) is 12.7 Å². The number of anilines is 2. The minimum absolute atomic E-state index is 0.150. The number of carboxylic acid groups (broad SMARTS) is 1. The van der Waals surface area contributed by atoms with Crippen molar-refractivity contribution in [1.82, 2.24) is 24.4 Å². The molecular formula is C18H13F3N6O2. The lowest BCUT2D eigenvalue weighted by molar-refractivity contribution is -0.142. The second-order valence-corrected chi connectivity index (χ2v) is 6.17. The maximum atomic E-state index is 12.6. The Labute approximate surface area is 161 Å². The molecule has 29 heavy (non-hydrogen) atoms. The lowest BCUT2D eigenvalue weighted by atomic mass is 10.1. The molecule has 11 heteroatoms. The molecule has 0 bridgehead atoms. The summed E-state index contributed by atoms with van der Waals surface area (Å²) in [7, 11) is 0. The number of pyridine rings is 1. The summed E-state index contributed by atoms with van der Waals surface area (Å²) in [4.78, 5) is 15.3. The van der Waals surface area contributed by atoms with Gasteiger partial charge in [0.25, 0.3) is 0 Å². The van der Waals surface area contributed by atoms with E-state index in [1.165, 1.54) is 29.0 Å². The van der Waals surface area contributed by atoms with Crippen molar-refractivity contribution in [1.29, 1.82) is 0 Å². The first-order chi connectivity index (χ1) is 13.8. The van der Waals surface area contributed by atoms with Gasteiger partial charge in [-0.25, -0.2) is 9.31 Å². The molecule has 4 rings (SSSR count). The molecule has 0 unspecified atom stereocenters. The highest BCUT2D eigenvalue weighted by atomic mass is 19.4. The minimum Gasteiger partial charge on any atom is -0.478 e. The van der Waals surface area contributed by atoms with E-state index in [4.69, 9.17) is 5.11 Å². The quantitative estimate of drug-likeness (QED) is 0.530. The number of rotatable bonds is 5. The van der Waals surface area contributed by atoms with Gasteiger partial charge in [0.15, 0.2) is 5.65 Å². The second-order valence-electron chi connectivity index (χ2n) is 6.17. The predicted molar refractivity (Wildman–Crippen MR) is 96.9 cm³/mol. The van der Waals surface area contributed by atoms with Gasteiger partial charge in [-0.2, -0.15) is 23.3 Å². The number of fused-ring (bicyclic) bond motifs is 1. The largest absolute Gasteiger partial charge is 0.478 e. The summed E-state index contributed by atoms with van der Waals surface area (Å²) in [6, 6.07) is 9.46. The third kappa shape index (κ3) is 4.03. The molecule has 148 valence electrons. The molecule has 0 aliphatic carbocycles. The number of halogens is 3. The number of aromatic nitrogens is 5. The fourth-order valence-electron chi connectivity index (χ4n) is 2.78. The normalized spacial score (nSPS) is 11.7. The molecule has 0 aliphatic heterocycles. The van der Waals surface area contributed by atoms with E-state index in [1.54, 1.807) is 30.5 Å². The zero-order valence-electron chi connectivity index (χ0n) is 14.6.